The summed E-state index contributed by atoms with van der Waals surface area (Å²) in [7, 11) is 0. The monoisotopic (exact) mass is 404 g/mol. The smallest absolute Gasteiger partial charge is 0.277 e. The van der Waals surface area contributed by atoms with Crippen molar-refractivity contribution in [3.8, 4) is 11.3 Å². The zero-order chi connectivity index (χ0) is 21.3. The first kappa shape index (κ1) is 19.6. The number of rotatable bonds is 5. The number of halogens is 1. The van der Waals surface area contributed by atoms with Crippen LogP contribution in [0.25, 0.3) is 11.3 Å². The average Bonchev–Trinajstić information content (AvgIpc) is 3.32. The minimum Gasteiger partial charge on any atom is -0.355 e. The molecular weight excluding hydrogens is 383 g/mol. The van der Waals surface area contributed by atoms with E-state index in [4.69, 9.17) is 4.52 Å². The Morgan fingerprint density at radius 2 is 1.77 bits per heavy atom. The largest absolute Gasteiger partial charge is 0.355 e. The second-order valence-corrected chi connectivity index (χ2v) is 7.23. The first-order valence-electron chi connectivity index (χ1n) is 9.54. The van der Waals surface area contributed by atoms with Gasteiger partial charge in [0.05, 0.1) is 23.6 Å². The van der Waals surface area contributed by atoms with Gasteiger partial charge in [0.1, 0.15) is 5.82 Å². The zero-order valence-corrected chi connectivity index (χ0v) is 16.9. The van der Waals surface area contributed by atoms with Crippen molar-refractivity contribution < 1.29 is 13.7 Å². The molecule has 6 nitrogen and oxygen atoms in total. The molecular formula is C23H21FN4O2. The number of benzene rings is 2. The van der Waals surface area contributed by atoms with E-state index in [0.29, 0.717) is 23.7 Å². The maximum Gasteiger partial charge on any atom is 0.277 e. The molecule has 152 valence electrons. The normalized spacial score (nSPS) is 10.9. The SMILES string of the molecule is Cc1ccc(-c2cc(C(=O)Nc3c(C)nn(Cc4ccc(F)cc4)c3C)no2)cc1. The third kappa shape index (κ3) is 4.00. The topological polar surface area (TPSA) is 73.0 Å². The molecule has 0 fully saturated rings. The Morgan fingerprint density at radius 3 is 2.47 bits per heavy atom. The lowest BCUT2D eigenvalue weighted by Crippen LogP contribution is -2.13. The van der Waals surface area contributed by atoms with Crippen LogP contribution in [-0.2, 0) is 6.54 Å². The highest BCUT2D eigenvalue weighted by Crippen LogP contribution is 2.24. The lowest BCUT2D eigenvalue weighted by molar-refractivity contribution is 0.101. The Morgan fingerprint density at radius 1 is 1.07 bits per heavy atom. The maximum absolute atomic E-state index is 13.1. The van der Waals surface area contributed by atoms with Crippen molar-refractivity contribution in [2.24, 2.45) is 0 Å². The van der Waals surface area contributed by atoms with Crippen LogP contribution in [0.2, 0.25) is 0 Å². The van der Waals surface area contributed by atoms with E-state index in [0.717, 1.165) is 22.4 Å². The molecule has 2 heterocycles. The first-order chi connectivity index (χ1) is 14.4. The van der Waals surface area contributed by atoms with Gasteiger partial charge in [0, 0.05) is 11.6 Å². The van der Waals surface area contributed by atoms with Crippen molar-refractivity contribution in [3.05, 3.63) is 88.6 Å². The van der Waals surface area contributed by atoms with E-state index in [-0.39, 0.29) is 17.4 Å². The van der Waals surface area contributed by atoms with E-state index in [1.165, 1.54) is 12.1 Å². The second kappa shape index (κ2) is 7.94. The summed E-state index contributed by atoms with van der Waals surface area (Å²) in [4.78, 5) is 12.7. The summed E-state index contributed by atoms with van der Waals surface area (Å²) in [6.45, 7) is 6.18. The van der Waals surface area contributed by atoms with Crippen LogP contribution in [0.1, 0.15) is 33.0 Å². The Bertz CT molecular complexity index is 1190. The van der Waals surface area contributed by atoms with E-state index in [1.54, 1.807) is 22.9 Å². The first-order valence-corrected chi connectivity index (χ1v) is 9.54. The molecule has 0 unspecified atom stereocenters. The van der Waals surface area contributed by atoms with Crippen molar-refractivity contribution in [3.63, 3.8) is 0 Å². The maximum atomic E-state index is 13.1. The summed E-state index contributed by atoms with van der Waals surface area (Å²) < 4.78 is 20.2. The number of amides is 1. The van der Waals surface area contributed by atoms with E-state index in [1.807, 2.05) is 45.0 Å². The molecule has 0 aliphatic carbocycles. The Hall–Kier alpha value is -3.74. The van der Waals surface area contributed by atoms with Gasteiger partial charge in [0.15, 0.2) is 11.5 Å². The van der Waals surface area contributed by atoms with Crippen LogP contribution in [-0.4, -0.2) is 20.8 Å². The van der Waals surface area contributed by atoms with Gasteiger partial charge in [-0.05, 0) is 38.5 Å². The van der Waals surface area contributed by atoms with Gasteiger partial charge in [-0.25, -0.2) is 4.39 Å². The van der Waals surface area contributed by atoms with Crippen molar-refractivity contribution in [2.75, 3.05) is 5.32 Å². The molecule has 0 radical (unpaired) electrons. The van der Waals surface area contributed by atoms with Crippen LogP contribution in [0.15, 0.2) is 59.1 Å². The number of anilines is 1. The number of hydrogen-bond donors (Lipinski definition) is 1. The summed E-state index contributed by atoms with van der Waals surface area (Å²) in [5.41, 5.74) is 5.21. The molecule has 0 aliphatic rings. The third-order valence-electron chi connectivity index (χ3n) is 4.94. The van der Waals surface area contributed by atoms with Crippen LogP contribution in [0.3, 0.4) is 0 Å². The minimum absolute atomic E-state index is 0.190. The van der Waals surface area contributed by atoms with E-state index >= 15 is 0 Å². The molecule has 0 saturated carbocycles. The number of nitrogens with one attached hydrogen (secondary N) is 1. The zero-order valence-electron chi connectivity index (χ0n) is 16.9. The summed E-state index contributed by atoms with van der Waals surface area (Å²) >= 11 is 0. The summed E-state index contributed by atoms with van der Waals surface area (Å²) in [5.74, 6) is -0.122. The van der Waals surface area contributed by atoms with Gasteiger partial charge in [0.25, 0.3) is 5.91 Å². The van der Waals surface area contributed by atoms with E-state index < -0.39 is 0 Å². The average molecular weight is 404 g/mol. The highest BCUT2D eigenvalue weighted by atomic mass is 19.1. The molecule has 4 aromatic rings. The fourth-order valence-electron chi connectivity index (χ4n) is 3.21. The number of aryl methyl sites for hydroxylation is 2. The predicted molar refractivity (Wildman–Crippen MR) is 112 cm³/mol. The van der Waals surface area contributed by atoms with Crippen LogP contribution < -0.4 is 5.32 Å². The summed E-state index contributed by atoms with van der Waals surface area (Å²) in [6, 6.07) is 15.7. The second-order valence-electron chi connectivity index (χ2n) is 7.23. The Labute approximate surface area is 173 Å². The van der Waals surface area contributed by atoms with Gasteiger partial charge in [-0.1, -0.05) is 47.1 Å². The van der Waals surface area contributed by atoms with Gasteiger partial charge in [0.2, 0.25) is 0 Å². The molecule has 2 aromatic carbocycles. The van der Waals surface area contributed by atoms with Crippen molar-refractivity contribution in [1.82, 2.24) is 14.9 Å². The highest BCUT2D eigenvalue weighted by Gasteiger charge is 2.19. The predicted octanol–water partition coefficient (Wildman–Crippen LogP) is 4.90. The molecule has 0 spiro atoms. The van der Waals surface area contributed by atoms with Crippen LogP contribution in [0.5, 0.6) is 0 Å². The molecule has 30 heavy (non-hydrogen) atoms. The van der Waals surface area contributed by atoms with Crippen LogP contribution in [0, 0.1) is 26.6 Å². The summed E-state index contributed by atoms with van der Waals surface area (Å²) in [6.07, 6.45) is 0. The molecule has 4 rings (SSSR count). The number of aromatic nitrogens is 3. The summed E-state index contributed by atoms with van der Waals surface area (Å²) in [5, 5.41) is 11.3. The molecule has 7 heteroatoms. The minimum atomic E-state index is -0.371. The number of nitrogens with zero attached hydrogens (tertiary/aromatic N) is 3. The molecule has 0 saturated heterocycles. The van der Waals surface area contributed by atoms with Gasteiger partial charge in [-0.3, -0.25) is 9.48 Å². The van der Waals surface area contributed by atoms with E-state index in [9.17, 15) is 9.18 Å². The van der Waals surface area contributed by atoms with Gasteiger partial charge in [-0.15, -0.1) is 0 Å². The Balaban J connectivity index is 1.51. The molecule has 0 aliphatic heterocycles. The molecule has 0 atom stereocenters. The van der Waals surface area contributed by atoms with Crippen molar-refractivity contribution in [2.45, 2.75) is 27.3 Å². The van der Waals surface area contributed by atoms with Crippen molar-refractivity contribution >= 4 is 11.6 Å². The fraction of sp³-hybridized carbons (Fsp3) is 0.174. The third-order valence-corrected chi connectivity index (χ3v) is 4.94. The van der Waals surface area contributed by atoms with Crippen LogP contribution in [0.4, 0.5) is 10.1 Å². The lowest BCUT2D eigenvalue weighted by Gasteiger charge is -2.06. The quantitative estimate of drug-likeness (QED) is 0.513. The van der Waals surface area contributed by atoms with Crippen molar-refractivity contribution in [1.29, 1.82) is 0 Å². The lowest BCUT2D eigenvalue weighted by atomic mass is 10.1. The molecule has 2 aromatic heterocycles. The molecule has 1 amide bonds. The van der Waals surface area contributed by atoms with Gasteiger partial charge >= 0.3 is 0 Å². The number of hydrogen-bond acceptors (Lipinski definition) is 4. The molecule has 0 bridgehead atoms. The number of carbonyl (C=O) groups excluding carboxylic acids is 1. The van der Waals surface area contributed by atoms with E-state index in [2.05, 4.69) is 15.6 Å². The molecule has 1 N–H and O–H groups in total. The van der Waals surface area contributed by atoms with Gasteiger partial charge in [-0.2, -0.15) is 5.10 Å². The standard InChI is InChI=1S/C23H21FN4O2/c1-14-4-8-18(9-5-14)21-12-20(27-30-21)23(29)25-22-15(2)26-28(16(22)3)13-17-6-10-19(24)11-7-17/h4-12H,13H2,1-3H3,(H,25,29). The van der Waals surface area contributed by atoms with Gasteiger partial charge < -0.3 is 9.84 Å². The Kier molecular flexibility index (Phi) is 5.18. The highest BCUT2D eigenvalue weighted by molar-refractivity contribution is 6.03. The van der Waals surface area contributed by atoms with Crippen LogP contribution >= 0.6 is 0 Å². The fourth-order valence-corrected chi connectivity index (χ4v) is 3.21. The number of carbonyl (C=O) groups is 1.